The standard InChI is InChI=1S/C16H27N5O4/c1-12-11-19(8-7-18(12)9-10-25-4)15(22)5-6-20-14(3)16(21(23)24)13(2)17-20/h12H,5-11H2,1-4H3/t12-/m0/s1. The number of hydrogen-bond donors (Lipinski definition) is 0. The van der Waals surface area contributed by atoms with Crippen molar-refractivity contribution in [1.29, 1.82) is 0 Å². The minimum atomic E-state index is -0.420. The molecule has 2 heterocycles. The fourth-order valence-corrected chi connectivity index (χ4v) is 3.29. The smallest absolute Gasteiger partial charge is 0.312 e. The predicted octanol–water partition coefficient (Wildman–Crippen LogP) is 0.977. The van der Waals surface area contributed by atoms with E-state index in [-0.39, 0.29) is 11.6 Å². The maximum Gasteiger partial charge on any atom is 0.312 e. The lowest BCUT2D eigenvalue weighted by Gasteiger charge is -2.39. The van der Waals surface area contributed by atoms with E-state index in [1.54, 1.807) is 25.6 Å². The molecule has 0 radical (unpaired) electrons. The van der Waals surface area contributed by atoms with Crippen molar-refractivity contribution in [3.8, 4) is 0 Å². The van der Waals surface area contributed by atoms with E-state index in [9.17, 15) is 14.9 Å². The van der Waals surface area contributed by atoms with Gasteiger partial charge in [0.05, 0.1) is 18.1 Å². The third-order valence-electron chi connectivity index (χ3n) is 4.76. The zero-order valence-electron chi connectivity index (χ0n) is 15.4. The van der Waals surface area contributed by atoms with Crippen molar-refractivity contribution in [2.45, 2.75) is 39.8 Å². The summed E-state index contributed by atoms with van der Waals surface area (Å²) in [6.45, 7) is 9.54. The number of carbonyl (C=O) groups excluding carboxylic acids is 1. The van der Waals surface area contributed by atoms with Crippen LogP contribution >= 0.6 is 0 Å². The number of hydrogen-bond acceptors (Lipinski definition) is 6. The van der Waals surface area contributed by atoms with E-state index in [2.05, 4.69) is 16.9 Å². The van der Waals surface area contributed by atoms with Gasteiger partial charge in [0.1, 0.15) is 11.4 Å². The van der Waals surface area contributed by atoms with Gasteiger partial charge in [-0.05, 0) is 20.8 Å². The first-order valence-corrected chi connectivity index (χ1v) is 8.54. The lowest BCUT2D eigenvalue weighted by atomic mass is 10.2. The normalized spacial score (nSPS) is 18.6. The molecule has 0 unspecified atom stereocenters. The van der Waals surface area contributed by atoms with E-state index in [4.69, 9.17) is 4.74 Å². The van der Waals surface area contributed by atoms with Crippen molar-refractivity contribution in [3.63, 3.8) is 0 Å². The molecule has 140 valence electrons. The second kappa shape index (κ2) is 8.39. The van der Waals surface area contributed by atoms with Crippen molar-refractivity contribution in [1.82, 2.24) is 19.6 Å². The van der Waals surface area contributed by atoms with Gasteiger partial charge in [-0.15, -0.1) is 0 Å². The van der Waals surface area contributed by atoms with Crippen LogP contribution in [0.2, 0.25) is 0 Å². The van der Waals surface area contributed by atoms with Gasteiger partial charge < -0.3 is 9.64 Å². The number of methoxy groups -OCH3 is 1. The molecule has 1 amide bonds. The fraction of sp³-hybridized carbons (Fsp3) is 0.750. The molecular weight excluding hydrogens is 326 g/mol. The molecule has 0 bridgehead atoms. The van der Waals surface area contributed by atoms with Crippen LogP contribution in [0.25, 0.3) is 0 Å². The summed E-state index contributed by atoms with van der Waals surface area (Å²) in [7, 11) is 1.69. The summed E-state index contributed by atoms with van der Waals surface area (Å²) < 4.78 is 6.67. The molecule has 1 aliphatic rings. The van der Waals surface area contributed by atoms with Crippen LogP contribution in [0.4, 0.5) is 5.69 Å². The molecule has 2 rings (SSSR count). The monoisotopic (exact) mass is 353 g/mol. The highest BCUT2D eigenvalue weighted by molar-refractivity contribution is 5.76. The van der Waals surface area contributed by atoms with Crippen molar-refractivity contribution in [2.24, 2.45) is 0 Å². The van der Waals surface area contributed by atoms with Crippen LogP contribution in [0.15, 0.2) is 0 Å². The number of aromatic nitrogens is 2. The van der Waals surface area contributed by atoms with Crippen LogP contribution < -0.4 is 0 Å². The second-order valence-electron chi connectivity index (χ2n) is 6.47. The van der Waals surface area contributed by atoms with E-state index < -0.39 is 4.92 Å². The van der Waals surface area contributed by atoms with Gasteiger partial charge in [0, 0.05) is 45.8 Å². The van der Waals surface area contributed by atoms with Crippen LogP contribution in [0.1, 0.15) is 24.7 Å². The van der Waals surface area contributed by atoms with E-state index in [1.165, 1.54) is 0 Å². The van der Waals surface area contributed by atoms with Gasteiger partial charge in [0.15, 0.2) is 0 Å². The second-order valence-corrected chi connectivity index (χ2v) is 6.47. The lowest BCUT2D eigenvalue weighted by molar-refractivity contribution is -0.386. The Hall–Kier alpha value is -2.00. The zero-order chi connectivity index (χ0) is 18.6. The van der Waals surface area contributed by atoms with E-state index in [1.807, 2.05) is 4.90 Å². The average molecular weight is 353 g/mol. The van der Waals surface area contributed by atoms with Crippen LogP contribution in [-0.2, 0) is 16.1 Å². The lowest BCUT2D eigenvalue weighted by Crippen LogP contribution is -2.54. The Kier molecular flexibility index (Phi) is 6.49. The fourth-order valence-electron chi connectivity index (χ4n) is 3.29. The van der Waals surface area contributed by atoms with Crippen molar-refractivity contribution in [2.75, 3.05) is 39.9 Å². The number of carbonyl (C=O) groups is 1. The third kappa shape index (κ3) is 4.55. The van der Waals surface area contributed by atoms with Crippen LogP contribution in [0, 0.1) is 24.0 Å². The van der Waals surface area contributed by atoms with Crippen LogP contribution in [-0.4, -0.2) is 76.3 Å². The van der Waals surface area contributed by atoms with Gasteiger partial charge in [0.2, 0.25) is 5.91 Å². The molecule has 9 nitrogen and oxygen atoms in total. The number of amides is 1. The molecule has 1 aromatic rings. The van der Waals surface area contributed by atoms with E-state index in [0.717, 1.165) is 13.1 Å². The molecule has 0 spiro atoms. The van der Waals surface area contributed by atoms with Crippen molar-refractivity contribution >= 4 is 11.6 Å². The molecule has 1 atom stereocenters. The Labute approximate surface area is 147 Å². The first kappa shape index (κ1) is 19.3. The van der Waals surface area contributed by atoms with Crippen LogP contribution in [0.5, 0.6) is 0 Å². The summed E-state index contributed by atoms with van der Waals surface area (Å²) in [6.07, 6.45) is 0.296. The number of ether oxygens (including phenoxy) is 1. The van der Waals surface area contributed by atoms with Crippen molar-refractivity contribution in [3.05, 3.63) is 21.5 Å². The molecule has 0 N–H and O–H groups in total. The third-order valence-corrected chi connectivity index (χ3v) is 4.76. The van der Waals surface area contributed by atoms with Gasteiger partial charge in [0.25, 0.3) is 0 Å². The number of nitro groups is 1. The number of piperazine rings is 1. The van der Waals surface area contributed by atoms with E-state index in [0.29, 0.717) is 50.1 Å². The Morgan fingerprint density at radius 2 is 2.08 bits per heavy atom. The minimum Gasteiger partial charge on any atom is -0.383 e. The molecule has 1 saturated heterocycles. The first-order valence-electron chi connectivity index (χ1n) is 8.54. The highest BCUT2D eigenvalue weighted by Gasteiger charge is 2.27. The molecule has 25 heavy (non-hydrogen) atoms. The SMILES string of the molecule is COCCN1CCN(C(=O)CCn2nc(C)c([N+](=O)[O-])c2C)C[C@@H]1C. The summed E-state index contributed by atoms with van der Waals surface area (Å²) in [5, 5.41) is 15.2. The number of rotatable bonds is 7. The molecule has 0 saturated carbocycles. The maximum absolute atomic E-state index is 12.5. The van der Waals surface area contributed by atoms with Gasteiger partial charge in [-0.25, -0.2) is 0 Å². The Morgan fingerprint density at radius 1 is 1.36 bits per heavy atom. The summed E-state index contributed by atoms with van der Waals surface area (Å²) in [5.74, 6) is 0.0634. The zero-order valence-corrected chi connectivity index (χ0v) is 15.4. The van der Waals surface area contributed by atoms with E-state index >= 15 is 0 Å². The minimum absolute atomic E-state index is 0.0350. The quantitative estimate of drug-likeness (QED) is 0.536. The molecular formula is C16H27N5O4. The summed E-state index contributed by atoms with van der Waals surface area (Å²) in [6, 6.07) is 0.294. The molecule has 9 heteroatoms. The number of aryl methyl sites for hydroxylation is 2. The molecule has 0 aliphatic carbocycles. The van der Waals surface area contributed by atoms with Crippen LogP contribution in [0.3, 0.4) is 0 Å². The summed E-state index contributed by atoms with van der Waals surface area (Å²) in [5.41, 5.74) is 0.913. The highest BCUT2D eigenvalue weighted by atomic mass is 16.6. The molecule has 1 fully saturated rings. The molecule has 1 aromatic heterocycles. The summed E-state index contributed by atoms with van der Waals surface area (Å²) in [4.78, 5) is 27.3. The van der Waals surface area contributed by atoms with Gasteiger partial charge >= 0.3 is 5.69 Å². The molecule has 1 aliphatic heterocycles. The van der Waals surface area contributed by atoms with Gasteiger partial charge in [-0.2, -0.15) is 5.10 Å². The van der Waals surface area contributed by atoms with Gasteiger partial charge in [-0.3, -0.25) is 24.5 Å². The Morgan fingerprint density at radius 3 is 2.64 bits per heavy atom. The Bertz CT molecular complexity index is 630. The highest BCUT2D eigenvalue weighted by Crippen LogP contribution is 2.22. The topological polar surface area (TPSA) is 93.7 Å². The van der Waals surface area contributed by atoms with Crippen molar-refractivity contribution < 1.29 is 14.5 Å². The molecule has 0 aromatic carbocycles. The number of nitrogens with zero attached hydrogens (tertiary/aromatic N) is 5. The predicted molar refractivity (Wildman–Crippen MR) is 92.5 cm³/mol. The largest absolute Gasteiger partial charge is 0.383 e. The summed E-state index contributed by atoms with van der Waals surface area (Å²) >= 11 is 0. The Balaban J connectivity index is 1.89. The van der Waals surface area contributed by atoms with Gasteiger partial charge in [-0.1, -0.05) is 0 Å². The first-order chi connectivity index (χ1) is 11.8. The average Bonchev–Trinajstić information content (AvgIpc) is 2.85. The maximum atomic E-state index is 12.5.